The van der Waals surface area contributed by atoms with Gasteiger partial charge in [0.25, 0.3) is 10.0 Å². The Balaban J connectivity index is 1.68. The molecule has 1 heterocycles. The first-order valence-corrected chi connectivity index (χ1v) is 18.5. The molecule has 6 atom stereocenters. The highest BCUT2D eigenvalue weighted by Crippen LogP contribution is 2.45. The molecule has 3 aromatic carbocycles. The number of anilines is 2. The fourth-order valence-corrected chi connectivity index (χ4v) is 8.36. The smallest absolute Gasteiger partial charge is 0.347 e. The van der Waals surface area contributed by atoms with Crippen LogP contribution in [-0.2, 0) is 52.9 Å². The van der Waals surface area contributed by atoms with Crippen LogP contribution in [-0.4, -0.2) is 105 Å². The Morgan fingerprint density at radius 2 is 1.55 bits per heavy atom. The number of amides is 1. The third-order valence-electron chi connectivity index (χ3n) is 8.05. The molecule has 1 aliphatic heterocycles. The fourth-order valence-electron chi connectivity index (χ4n) is 5.93. The molecule has 3 aromatic rings. The topological polar surface area (TPSA) is 224 Å². The van der Waals surface area contributed by atoms with Gasteiger partial charge >= 0.3 is 23.9 Å². The summed E-state index contributed by atoms with van der Waals surface area (Å²) in [5.41, 5.74) is 0.997. The molecular weight excluding hydrogens is 735 g/mol. The van der Waals surface area contributed by atoms with Crippen LogP contribution in [0.15, 0.2) is 70.5 Å². The van der Waals surface area contributed by atoms with E-state index in [9.17, 15) is 42.6 Å². The Bertz CT molecular complexity index is 1970. The Morgan fingerprint density at radius 3 is 2.11 bits per heavy atom. The second kappa shape index (κ2) is 16.8. The molecule has 0 aliphatic carbocycles. The molecule has 1 saturated heterocycles. The van der Waals surface area contributed by atoms with Crippen molar-refractivity contribution in [2.45, 2.75) is 79.3 Å². The van der Waals surface area contributed by atoms with Crippen LogP contribution in [0.3, 0.4) is 0 Å². The highest BCUT2D eigenvalue weighted by molar-refractivity contribution is 8.01. The number of carbonyl (C=O) groups excluding carboxylic acids is 4. The molecule has 1 fully saturated rings. The number of hydrogen-bond donors (Lipinski definition) is 4. The van der Waals surface area contributed by atoms with E-state index in [1.807, 2.05) is 31.1 Å². The van der Waals surface area contributed by atoms with Gasteiger partial charge in [0.15, 0.2) is 12.2 Å². The predicted molar refractivity (Wildman–Crippen MR) is 193 cm³/mol. The van der Waals surface area contributed by atoms with Gasteiger partial charge in [-0.3, -0.25) is 23.9 Å². The summed E-state index contributed by atoms with van der Waals surface area (Å²) < 4.78 is 51.6. The molecule has 53 heavy (non-hydrogen) atoms. The molecule has 0 radical (unpaired) electrons. The van der Waals surface area contributed by atoms with Crippen molar-refractivity contribution in [3.8, 4) is 0 Å². The zero-order valence-electron chi connectivity index (χ0n) is 29.7. The Morgan fingerprint density at radius 1 is 0.925 bits per heavy atom. The first kappa shape index (κ1) is 40.9. The summed E-state index contributed by atoms with van der Waals surface area (Å²) in [6, 6.07) is 14.6. The quantitative estimate of drug-likeness (QED) is 0.137. The molecule has 16 nitrogen and oxygen atoms in total. The molecule has 1 amide bonds. The second-order valence-corrected chi connectivity index (χ2v) is 15.4. The largest absolute Gasteiger partial charge is 0.478 e. The highest BCUT2D eigenvalue weighted by atomic mass is 32.2. The lowest BCUT2D eigenvalue weighted by molar-refractivity contribution is -0.219. The fraction of sp³-hybridized carbons (Fsp3) is 0.400. The number of aliphatic hydroxyl groups excluding tert-OH is 1. The minimum atomic E-state index is -4.10. The van der Waals surface area contributed by atoms with Gasteiger partial charge < -0.3 is 39.4 Å². The molecule has 0 aromatic heterocycles. The molecule has 0 spiro atoms. The lowest BCUT2D eigenvalue weighted by Crippen LogP contribution is -2.67. The van der Waals surface area contributed by atoms with Crippen molar-refractivity contribution in [3.05, 3.63) is 60.7 Å². The van der Waals surface area contributed by atoms with Gasteiger partial charge in [0.05, 0.1) is 17.0 Å². The number of hydrogen-bond acceptors (Lipinski definition) is 14. The van der Waals surface area contributed by atoms with E-state index in [-0.39, 0.29) is 15.5 Å². The number of rotatable bonds is 14. The van der Waals surface area contributed by atoms with E-state index < -0.39 is 88.2 Å². The van der Waals surface area contributed by atoms with Crippen LogP contribution in [0.25, 0.3) is 10.8 Å². The molecule has 18 heteroatoms. The van der Waals surface area contributed by atoms with Crippen LogP contribution in [0.4, 0.5) is 11.4 Å². The first-order chi connectivity index (χ1) is 24.8. The van der Waals surface area contributed by atoms with Crippen LogP contribution in [0.1, 0.15) is 34.1 Å². The van der Waals surface area contributed by atoms with Crippen molar-refractivity contribution in [1.29, 1.82) is 0 Å². The van der Waals surface area contributed by atoms with E-state index in [2.05, 4.69) is 10.0 Å². The highest BCUT2D eigenvalue weighted by Gasteiger charge is 2.57. The maximum atomic E-state index is 13.6. The molecule has 286 valence electrons. The van der Waals surface area contributed by atoms with E-state index in [1.165, 1.54) is 30.3 Å². The third kappa shape index (κ3) is 9.95. The van der Waals surface area contributed by atoms with Crippen molar-refractivity contribution >= 4 is 73.7 Å². The number of ether oxygens (including phenoxy) is 4. The standard InChI is InChI=1S/C35H41N3O13S2/c1-19(39)36-31-28(43)17-35(34(44)45,51-33(31)32(50-22(4)42)29(49-21(3)41)18-48-20(2)40)52-24-15-13-23(14-16-24)37-53(46,47)30-12-8-9-25-26(30)10-7-11-27(25)38(5)6/h7-16,28-29,31-33,37,43H,17-18H2,1-6H3,(H,36,39)(H,44,45)/t28-,29+,31+,32+,33+,35-/m0/s1. The number of nitrogens with zero attached hydrogens (tertiary/aromatic N) is 1. The zero-order valence-corrected chi connectivity index (χ0v) is 31.4. The number of aliphatic hydroxyl groups is 1. The Labute approximate surface area is 310 Å². The number of carboxylic acid groups (broad SMARTS) is 1. The van der Waals surface area contributed by atoms with Crippen LogP contribution < -0.4 is 14.9 Å². The van der Waals surface area contributed by atoms with Gasteiger partial charge in [0.1, 0.15) is 12.7 Å². The van der Waals surface area contributed by atoms with Gasteiger partial charge in [-0.15, -0.1) is 0 Å². The van der Waals surface area contributed by atoms with E-state index in [0.717, 1.165) is 38.8 Å². The molecule has 1 aliphatic rings. The van der Waals surface area contributed by atoms with E-state index in [0.29, 0.717) is 17.1 Å². The summed E-state index contributed by atoms with van der Waals surface area (Å²) in [6.07, 6.45) is -7.12. The minimum absolute atomic E-state index is 0.0504. The van der Waals surface area contributed by atoms with Crippen LogP contribution in [0, 0.1) is 0 Å². The third-order valence-corrected chi connectivity index (χ3v) is 10.8. The number of carboxylic acids is 1. The van der Waals surface area contributed by atoms with Gasteiger partial charge in [-0.25, -0.2) is 13.2 Å². The SMILES string of the molecule is CC(=O)N[C@H]1[C@H]([C@H](OC(C)=O)[C@@H](COC(C)=O)OC(C)=O)O[C@@](Sc2ccc(NS(=O)(=O)c3cccc4c(N(C)C)cccc34)cc2)(C(=O)O)C[C@@H]1O. The van der Waals surface area contributed by atoms with Crippen molar-refractivity contribution in [2.75, 3.05) is 30.3 Å². The molecule has 0 saturated carbocycles. The van der Waals surface area contributed by atoms with E-state index >= 15 is 0 Å². The van der Waals surface area contributed by atoms with Crippen molar-refractivity contribution < 1.29 is 61.6 Å². The van der Waals surface area contributed by atoms with Gasteiger partial charge in [0, 0.05) is 75.3 Å². The maximum Gasteiger partial charge on any atom is 0.347 e. The Hall–Kier alpha value is -4.91. The first-order valence-electron chi connectivity index (χ1n) is 16.2. The lowest BCUT2D eigenvalue weighted by Gasteiger charge is -2.47. The van der Waals surface area contributed by atoms with Crippen molar-refractivity contribution in [2.24, 2.45) is 0 Å². The minimum Gasteiger partial charge on any atom is -0.478 e. The second-order valence-electron chi connectivity index (χ2n) is 12.4. The Kier molecular flexibility index (Phi) is 13.0. The molecule has 0 unspecified atom stereocenters. The number of benzene rings is 3. The van der Waals surface area contributed by atoms with Crippen LogP contribution >= 0.6 is 11.8 Å². The van der Waals surface area contributed by atoms with Crippen molar-refractivity contribution in [1.82, 2.24) is 5.32 Å². The average molecular weight is 776 g/mol. The van der Waals surface area contributed by atoms with Gasteiger partial charge in [-0.05, 0) is 36.4 Å². The summed E-state index contributed by atoms with van der Waals surface area (Å²) >= 11 is 0.648. The average Bonchev–Trinajstić information content (AvgIpc) is 3.06. The predicted octanol–water partition coefficient (Wildman–Crippen LogP) is 2.66. The summed E-state index contributed by atoms with van der Waals surface area (Å²) in [5.74, 6) is -4.78. The monoisotopic (exact) mass is 775 g/mol. The van der Waals surface area contributed by atoms with Gasteiger partial charge in [0.2, 0.25) is 10.8 Å². The number of nitrogens with one attached hydrogen (secondary N) is 2. The normalized spacial score (nSPS) is 21.1. The number of sulfonamides is 1. The van der Waals surface area contributed by atoms with Crippen LogP contribution in [0.5, 0.6) is 0 Å². The summed E-state index contributed by atoms with van der Waals surface area (Å²) in [5, 5.41) is 25.6. The number of aliphatic carboxylic acids is 1. The molecule has 4 rings (SSSR count). The van der Waals surface area contributed by atoms with Gasteiger partial charge in [-0.2, -0.15) is 0 Å². The number of esters is 3. The number of carbonyl (C=O) groups is 5. The number of thioether (sulfide) groups is 1. The molecular formula is C35H41N3O13S2. The molecule has 0 bridgehead atoms. The molecule has 4 N–H and O–H groups in total. The number of fused-ring (bicyclic) bond motifs is 1. The van der Waals surface area contributed by atoms with Gasteiger partial charge in [-0.1, -0.05) is 36.0 Å². The summed E-state index contributed by atoms with van der Waals surface area (Å²) in [6.45, 7) is 3.64. The lowest BCUT2D eigenvalue weighted by atomic mass is 9.89. The summed E-state index contributed by atoms with van der Waals surface area (Å²) in [4.78, 5) is 61.1. The van der Waals surface area contributed by atoms with E-state index in [1.54, 1.807) is 18.2 Å². The van der Waals surface area contributed by atoms with Crippen LogP contribution in [0.2, 0.25) is 0 Å². The summed E-state index contributed by atoms with van der Waals surface area (Å²) in [7, 11) is -0.388. The van der Waals surface area contributed by atoms with Crippen molar-refractivity contribution in [3.63, 3.8) is 0 Å². The maximum absolute atomic E-state index is 13.6. The van der Waals surface area contributed by atoms with E-state index in [4.69, 9.17) is 18.9 Å². The zero-order chi connectivity index (χ0) is 39.2.